The second-order valence-corrected chi connectivity index (χ2v) is 5.78. The molecule has 0 spiro atoms. The van der Waals surface area contributed by atoms with Gasteiger partial charge in [-0.3, -0.25) is 4.79 Å². The number of carbonyl (C=O) groups is 1. The number of likely N-dealkylation sites (N-methyl/N-ethyl adjacent to an activating group) is 1. The van der Waals surface area contributed by atoms with E-state index in [1.54, 1.807) is 7.05 Å². The monoisotopic (exact) mass is 248 g/mol. The van der Waals surface area contributed by atoms with Crippen molar-refractivity contribution in [1.82, 2.24) is 10.6 Å². The zero-order valence-corrected chi connectivity index (χ0v) is 11.8. The minimum absolute atomic E-state index is 0.0184. The molecule has 0 fully saturated rings. The molecule has 1 rings (SSSR count). The Morgan fingerprint density at radius 3 is 2.33 bits per heavy atom. The number of carbonyl (C=O) groups excluding carboxylic acids is 1. The molecule has 0 heterocycles. The fraction of sp³-hybridized carbons (Fsp3) is 0.533. The van der Waals surface area contributed by atoms with Crippen LogP contribution in [0.1, 0.15) is 38.8 Å². The molecule has 3 heteroatoms. The lowest BCUT2D eigenvalue weighted by Crippen LogP contribution is -2.35. The lowest BCUT2D eigenvalue weighted by molar-refractivity contribution is -0.119. The number of benzene rings is 1. The van der Waals surface area contributed by atoms with Gasteiger partial charge >= 0.3 is 0 Å². The Morgan fingerprint density at radius 1 is 1.22 bits per heavy atom. The molecule has 3 nitrogen and oxygen atoms in total. The Hall–Kier alpha value is -1.35. The van der Waals surface area contributed by atoms with Crippen LogP contribution in [-0.4, -0.2) is 19.5 Å². The van der Waals surface area contributed by atoms with E-state index in [9.17, 15) is 4.79 Å². The maximum absolute atomic E-state index is 11.3. The van der Waals surface area contributed by atoms with Gasteiger partial charge < -0.3 is 10.6 Å². The van der Waals surface area contributed by atoms with Crippen LogP contribution in [0.15, 0.2) is 30.3 Å². The SMILES string of the molecule is CNC(=O)CNC(CC(C)(C)C)c1ccccc1. The first-order valence-electron chi connectivity index (χ1n) is 6.41. The zero-order chi connectivity index (χ0) is 13.6. The van der Waals surface area contributed by atoms with Crippen molar-refractivity contribution in [2.75, 3.05) is 13.6 Å². The summed E-state index contributed by atoms with van der Waals surface area (Å²) >= 11 is 0. The minimum atomic E-state index is 0.0184. The molecule has 2 N–H and O–H groups in total. The molecular formula is C15H24N2O. The second kappa shape index (κ2) is 6.55. The van der Waals surface area contributed by atoms with Crippen molar-refractivity contribution in [1.29, 1.82) is 0 Å². The summed E-state index contributed by atoms with van der Waals surface area (Å²) in [5, 5.41) is 5.96. The first-order valence-corrected chi connectivity index (χ1v) is 6.41. The number of amides is 1. The van der Waals surface area contributed by atoms with Gasteiger partial charge in [-0.2, -0.15) is 0 Å². The Bertz CT molecular complexity index is 368. The molecule has 0 aliphatic rings. The lowest BCUT2D eigenvalue weighted by Gasteiger charge is -2.27. The predicted octanol–water partition coefficient (Wildman–Crippen LogP) is 2.50. The Labute approximate surface area is 110 Å². The van der Waals surface area contributed by atoms with Crippen LogP contribution < -0.4 is 10.6 Å². The summed E-state index contributed by atoms with van der Waals surface area (Å²) in [6.45, 7) is 6.99. The summed E-state index contributed by atoms with van der Waals surface area (Å²) in [5.74, 6) is 0.0184. The summed E-state index contributed by atoms with van der Waals surface area (Å²) in [6, 6.07) is 10.5. The van der Waals surface area contributed by atoms with E-state index in [0.29, 0.717) is 6.54 Å². The van der Waals surface area contributed by atoms with Crippen LogP contribution in [0, 0.1) is 5.41 Å². The van der Waals surface area contributed by atoms with Crippen LogP contribution in [0.25, 0.3) is 0 Å². The molecule has 1 unspecified atom stereocenters. The Morgan fingerprint density at radius 2 is 1.83 bits per heavy atom. The molecule has 0 aliphatic carbocycles. The minimum Gasteiger partial charge on any atom is -0.358 e. The van der Waals surface area contributed by atoms with Crippen LogP contribution in [0.2, 0.25) is 0 Å². The average molecular weight is 248 g/mol. The summed E-state index contributed by atoms with van der Waals surface area (Å²) < 4.78 is 0. The summed E-state index contributed by atoms with van der Waals surface area (Å²) in [4.78, 5) is 11.3. The fourth-order valence-corrected chi connectivity index (χ4v) is 1.91. The highest BCUT2D eigenvalue weighted by molar-refractivity contribution is 5.77. The van der Waals surface area contributed by atoms with E-state index in [-0.39, 0.29) is 17.4 Å². The van der Waals surface area contributed by atoms with E-state index in [1.165, 1.54) is 5.56 Å². The van der Waals surface area contributed by atoms with Gasteiger partial charge in [-0.1, -0.05) is 51.1 Å². The van der Waals surface area contributed by atoms with Crippen molar-refractivity contribution in [3.8, 4) is 0 Å². The smallest absolute Gasteiger partial charge is 0.233 e. The maximum Gasteiger partial charge on any atom is 0.233 e. The number of nitrogens with one attached hydrogen (secondary N) is 2. The average Bonchev–Trinajstić information content (AvgIpc) is 2.33. The molecule has 1 aromatic carbocycles. The third-order valence-electron chi connectivity index (χ3n) is 2.81. The molecular weight excluding hydrogens is 224 g/mol. The quantitative estimate of drug-likeness (QED) is 0.840. The van der Waals surface area contributed by atoms with Gasteiger partial charge in [0.2, 0.25) is 5.91 Å². The number of rotatable bonds is 5. The Balaban J connectivity index is 2.73. The summed E-state index contributed by atoms with van der Waals surface area (Å²) in [7, 11) is 1.66. The third kappa shape index (κ3) is 5.32. The maximum atomic E-state index is 11.3. The fourth-order valence-electron chi connectivity index (χ4n) is 1.91. The summed E-state index contributed by atoms with van der Waals surface area (Å²) in [5.41, 5.74) is 1.45. The van der Waals surface area contributed by atoms with E-state index in [0.717, 1.165) is 6.42 Å². The van der Waals surface area contributed by atoms with Crippen molar-refractivity contribution < 1.29 is 4.79 Å². The highest BCUT2D eigenvalue weighted by atomic mass is 16.1. The molecule has 0 saturated carbocycles. The number of hydrogen-bond donors (Lipinski definition) is 2. The van der Waals surface area contributed by atoms with Gasteiger partial charge in [-0.15, -0.1) is 0 Å². The van der Waals surface area contributed by atoms with Crippen LogP contribution >= 0.6 is 0 Å². The highest BCUT2D eigenvalue weighted by Gasteiger charge is 2.20. The molecule has 0 bridgehead atoms. The predicted molar refractivity (Wildman–Crippen MR) is 75.3 cm³/mol. The molecule has 0 radical (unpaired) electrons. The van der Waals surface area contributed by atoms with Crippen LogP contribution in [-0.2, 0) is 4.79 Å². The first-order chi connectivity index (χ1) is 8.42. The van der Waals surface area contributed by atoms with Gasteiger partial charge in [0.15, 0.2) is 0 Å². The van der Waals surface area contributed by atoms with Gasteiger partial charge in [0, 0.05) is 13.1 Å². The topological polar surface area (TPSA) is 41.1 Å². The van der Waals surface area contributed by atoms with Crippen LogP contribution in [0.4, 0.5) is 0 Å². The molecule has 18 heavy (non-hydrogen) atoms. The van der Waals surface area contributed by atoms with E-state index < -0.39 is 0 Å². The molecule has 1 aromatic rings. The van der Waals surface area contributed by atoms with Gasteiger partial charge in [-0.05, 0) is 17.4 Å². The van der Waals surface area contributed by atoms with Crippen molar-refractivity contribution in [2.24, 2.45) is 5.41 Å². The molecule has 100 valence electrons. The first kappa shape index (κ1) is 14.7. The van der Waals surface area contributed by atoms with Crippen LogP contribution in [0.5, 0.6) is 0 Å². The van der Waals surface area contributed by atoms with Gasteiger partial charge in [0.1, 0.15) is 0 Å². The molecule has 1 atom stereocenters. The van der Waals surface area contributed by atoms with E-state index in [4.69, 9.17) is 0 Å². The highest BCUT2D eigenvalue weighted by Crippen LogP contribution is 2.29. The van der Waals surface area contributed by atoms with Crippen molar-refractivity contribution in [3.63, 3.8) is 0 Å². The lowest BCUT2D eigenvalue weighted by atomic mass is 9.85. The van der Waals surface area contributed by atoms with E-state index in [2.05, 4.69) is 43.5 Å². The zero-order valence-electron chi connectivity index (χ0n) is 11.8. The molecule has 0 aromatic heterocycles. The normalized spacial score (nSPS) is 13.1. The second-order valence-electron chi connectivity index (χ2n) is 5.78. The summed E-state index contributed by atoms with van der Waals surface area (Å²) in [6.07, 6.45) is 0.994. The van der Waals surface area contributed by atoms with E-state index in [1.807, 2.05) is 18.2 Å². The molecule has 1 amide bonds. The van der Waals surface area contributed by atoms with Gasteiger partial charge in [0.05, 0.1) is 6.54 Å². The van der Waals surface area contributed by atoms with Crippen molar-refractivity contribution >= 4 is 5.91 Å². The van der Waals surface area contributed by atoms with Crippen LogP contribution in [0.3, 0.4) is 0 Å². The third-order valence-corrected chi connectivity index (χ3v) is 2.81. The molecule has 0 aliphatic heterocycles. The number of hydrogen-bond acceptors (Lipinski definition) is 2. The van der Waals surface area contributed by atoms with Gasteiger partial charge in [0.25, 0.3) is 0 Å². The van der Waals surface area contributed by atoms with Crippen molar-refractivity contribution in [2.45, 2.75) is 33.2 Å². The van der Waals surface area contributed by atoms with Crippen molar-refractivity contribution in [3.05, 3.63) is 35.9 Å². The standard InChI is InChI=1S/C15H24N2O/c1-15(2,3)10-13(17-11-14(18)16-4)12-8-6-5-7-9-12/h5-9,13,17H,10-11H2,1-4H3,(H,16,18). The molecule has 0 saturated heterocycles. The Kier molecular flexibility index (Phi) is 5.35. The van der Waals surface area contributed by atoms with E-state index >= 15 is 0 Å². The van der Waals surface area contributed by atoms with Gasteiger partial charge in [-0.25, -0.2) is 0 Å². The largest absolute Gasteiger partial charge is 0.358 e.